The van der Waals surface area contributed by atoms with Gasteiger partial charge in [-0.1, -0.05) is 24.3 Å². The Hall–Kier alpha value is -2.36. The molecule has 2 aromatic carbocycles. The number of nitrogens with one attached hydrogen (secondary N) is 1. The Balaban J connectivity index is 1.88. The zero-order valence-electron chi connectivity index (χ0n) is 11.2. The van der Waals surface area contributed by atoms with E-state index < -0.39 is 0 Å². The molecule has 1 N–H and O–H groups in total. The maximum atomic E-state index is 13.4. The van der Waals surface area contributed by atoms with E-state index in [1.807, 2.05) is 12.1 Å². The summed E-state index contributed by atoms with van der Waals surface area (Å²) >= 11 is 0. The van der Waals surface area contributed by atoms with E-state index in [1.54, 1.807) is 30.3 Å². The molecule has 0 radical (unpaired) electrons. The molecule has 0 amide bonds. The molecule has 0 aliphatic heterocycles. The molecule has 0 heterocycles. The first-order chi connectivity index (χ1) is 9.70. The maximum Gasteiger partial charge on any atom is 0.337 e. The standard InChI is InChI=1S/C16H16FNO2/c1-20-16(19)13-8-6-12(7-9-13)10-11-18-15-5-3-2-4-14(15)17/h2-9,18H,10-11H2,1H3. The summed E-state index contributed by atoms with van der Waals surface area (Å²) in [5.41, 5.74) is 2.10. The molecule has 0 bridgehead atoms. The zero-order valence-corrected chi connectivity index (χ0v) is 11.2. The van der Waals surface area contributed by atoms with Crippen LogP contribution in [0, 0.1) is 5.82 Å². The van der Waals surface area contributed by atoms with Crippen molar-refractivity contribution in [3.63, 3.8) is 0 Å². The third kappa shape index (κ3) is 3.57. The molecule has 0 aliphatic rings. The monoisotopic (exact) mass is 273 g/mol. The number of rotatable bonds is 5. The van der Waals surface area contributed by atoms with Crippen molar-refractivity contribution < 1.29 is 13.9 Å². The normalized spacial score (nSPS) is 10.1. The van der Waals surface area contributed by atoms with Gasteiger partial charge in [-0.2, -0.15) is 0 Å². The fourth-order valence-electron chi connectivity index (χ4n) is 1.87. The Bertz CT molecular complexity index is 581. The van der Waals surface area contributed by atoms with E-state index in [2.05, 4.69) is 10.1 Å². The van der Waals surface area contributed by atoms with Crippen LogP contribution in [0.4, 0.5) is 10.1 Å². The molecule has 4 heteroatoms. The molecule has 104 valence electrons. The summed E-state index contributed by atoms with van der Waals surface area (Å²) in [6, 6.07) is 13.8. The van der Waals surface area contributed by atoms with E-state index in [1.165, 1.54) is 13.2 Å². The van der Waals surface area contributed by atoms with Crippen LogP contribution in [0.15, 0.2) is 48.5 Å². The minimum absolute atomic E-state index is 0.256. The lowest BCUT2D eigenvalue weighted by molar-refractivity contribution is 0.0600. The third-order valence-electron chi connectivity index (χ3n) is 2.98. The predicted octanol–water partition coefficient (Wildman–Crippen LogP) is 3.27. The van der Waals surface area contributed by atoms with E-state index in [-0.39, 0.29) is 11.8 Å². The van der Waals surface area contributed by atoms with E-state index in [0.29, 0.717) is 17.8 Å². The van der Waals surface area contributed by atoms with Crippen LogP contribution < -0.4 is 5.32 Å². The van der Waals surface area contributed by atoms with Crippen molar-refractivity contribution in [2.24, 2.45) is 0 Å². The number of anilines is 1. The Labute approximate surface area is 117 Å². The molecule has 20 heavy (non-hydrogen) atoms. The summed E-state index contributed by atoms with van der Waals surface area (Å²) in [6.07, 6.45) is 0.746. The van der Waals surface area contributed by atoms with Gasteiger partial charge in [0.2, 0.25) is 0 Å². The van der Waals surface area contributed by atoms with E-state index >= 15 is 0 Å². The molecular formula is C16H16FNO2. The van der Waals surface area contributed by atoms with Crippen LogP contribution in [0.3, 0.4) is 0 Å². The summed E-state index contributed by atoms with van der Waals surface area (Å²) in [5, 5.41) is 3.04. The van der Waals surface area contributed by atoms with Gasteiger partial charge in [-0.05, 0) is 36.2 Å². The van der Waals surface area contributed by atoms with Crippen molar-refractivity contribution in [1.29, 1.82) is 0 Å². The van der Waals surface area contributed by atoms with Crippen molar-refractivity contribution in [3.05, 3.63) is 65.5 Å². The van der Waals surface area contributed by atoms with Crippen LogP contribution in [0.2, 0.25) is 0 Å². The number of para-hydroxylation sites is 1. The molecule has 0 saturated heterocycles. The van der Waals surface area contributed by atoms with Crippen LogP contribution in [0.25, 0.3) is 0 Å². The highest BCUT2D eigenvalue weighted by Crippen LogP contribution is 2.12. The highest BCUT2D eigenvalue weighted by atomic mass is 19.1. The van der Waals surface area contributed by atoms with Crippen molar-refractivity contribution in [1.82, 2.24) is 0 Å². The molecule has 0 aromatic heterocycles. The largest absolute Gasteiger partial charge is 0.465 e. The molecule has 0 unspecified atom stereocenters. The molecular weight excluding hydrogens is 257 g/mol. The fourth-order valence-corrected chi connectivity index (χ4v) is 1.87. The van der Waals surface area contributed by atoms with Gasteiger partial charge < -0.3 is 10.1 Å². The number of esters is 1. The second-order valence-electron chi connectivity index (χ2n) is 4.35. The number of benzene rings is 2. The number of methoxy groups -OCH3 is 1. The van der Waals surface area contributed by atoms with Gasteiger partial charge >= 0.3 is 5.97 Å². The van der Waals surface area contributed by atoms with Gasteiger partial charge in [0, 0.05) is 6.54 Å². The lowest BCUT2D eigenvalue weighted by Crippen LogP contribution is -2.06. The molecule has 2 rings (SSSR count). The second kappa shape index (κ2) is 6.70. The third-order valence-corrected chi connectivity index (χ3v) is 2.98. The predicted molar refractivity (Wildman–Crippen MR) is 76.4 cm³/mol. The summed E-state index contributed by atoms with van der Waals surface area (Å²) < 4.78 is 18.0. The van der Waals surface area contributed by atoms with E-state index in [4.69, 9.17) is 0 Å². The first-order valence-corrected chi connectivity index (χ1v) is 6.36. The number of carbonyl (C=O) groups excluding carboxylic acids is 1. The average Bonchev–Trinajstić information content (AvgIpc) is 2.49. The van der Waals surface area contributed by atoms with Gasteiger partial charge in [0.15, 0.2) is 0 Å². The Morgan fingerprint density at radius 1 is 1.15 bits per heavy atom. The number of ether oxygens (including phenoxy) is 1. The van der Waals surface area contributed by atoms with Crippen LogP contribution in [0.5, 0.6) is 0 Å². The van der Waals surface area contributed by atoms with Gasteiger partial charge in [0.05, 0.1) is 18.4 Å². The summed E-state index contributed by atoms with van der Waals surface area (Å²) in [5.74, 6) is -0.602. The highest BCUT2D eigenvalue weighted by Gasteiger charge is 2.04. The molecule has 0 fully saturated rings. The number of halogens is 1. The van der Waals surface area contributed by atoms with Crippen molar-refractivity contribution in [2.75, 3.05) is 19.0 Å². The lowest BCUT2D eigenvalue weighted by Gasteiger charge is -2.07. The molecule has 0 aliphatic carbocycles. The van der Waals surface area contributed by atoms with Crippen LogP contribution in [0.1, 0.15) is 15.9 Å². The maximum absolute atomic E-state index is 13.4. The molecule has 0 saturated carbocycles. The smallest absolute Gasteiger partial charge is 0.337 e. The minimum atomic E-state index is -0.346. The topological polar surface area (TPSA) is 38.3 Å². The van der Waals surface area contributed by atoms with E-state index in [9.17, 15) is 9.18 Å². The Kier molecular flexibility index (Phi) is 4.71. The van der Waals surface area contributed by atoms with Gasteiger partial charge in [-0.25, -0.2) is 9.18 Å². The van der Waals surface area contributed by atoms with Crippen molar-refractivity contribution >= 4 is 11.7 Å². The van der Waals surface area contributed by atoms with Gasteiger partial charge in [0.1, 0.15) is 5.82 Å². The minimum Gasteiger partial charge on any atom is -0.465 e. The van der Waals surface area contributed by atoms with Crippen LogP contribution in [-0.4, -0.2) is 19.6 Å². The summed E-state index contributed by atoms with van der Waals surface area (Å²) in [7, 11) is 1.36. The number of carbonyl (C=O) groups is 1. The molecule has 0 atom stereocenters. The lowest BCUT2D eigenvalue weighted by atomic mass is 10.1. The number of hydrogen-bond donors (Lipinski definition) is 1. The average molecular weight is 273 g/mol. The van der Waals surface area contributed by atoms with Crippen molar-refractivity contribution in [2.45, 2.75) is 6.42 Å². The van der Waals surface area contributed by atoms with Gasteiger partial charge in [-0.15, -0.1) is 0 Å². The summed E-state index contributed by atoms with van der Waals surface area (Å²) in [4.78, 5) is 11.3. The Morgan fingerprint density at radius 2 is 1.85 bits per heavy atom. The SMILES string of the molecule is COC(=O)c1ccc(CCNc2ccccc2F)cc1. The van der Waals surface area contributed by atoms with E-state index in [0.717, 1.165) is 12.0 Å². The fraction of sp³-hybridized carbons (Fsp3) is 0.188. The second-order valence-corrected chi connectivity index (χ2v) is 4.35. The van der Waals surface area contributed by atoms with Gasteiger partial charge in [-0.3, -0.25) is 0 Å². The number of hydrogen-bond acceptors (Lipinski definition) is 3. The van der Waals surface area contributed by atoms with Gasteiger partial charge in [0.25, 0.3) is 0 Å². The highest BCUT2D eigenvalue weighted by molar-refractivity contribution is 5.89. The Morgan fingerprint density at radius 3 is 2.50 bits per heavy atom. The zero-order chi connectivity index (χ0) is 14.4. The first-order valence-electron chi connectivity index (χ1n) is 6.36. The van der Waals surface area contributed by atoms with Crippen LogP contribution in [-0.2, 0) is 11.2 Å². The molecule has 0 spiro atoms. The van der Waals surface area contributed by atoms with Crippen molar-refractivity contribution in [3.8, 4) is 0 Å². The molecule has 3 nitrogen and oxygen atoms in total. The van der Waals surface area contributed by atoms with Crippen LogP contribution >= 0.6 is 0 Å². The molecule has 2 aromatic rings. The summed E-state index contributed by atoms with van der Waals surface area (Å²) in [6.45, 7) is 0.624. The first kappa shape index (κ1) is 14.1. The quantitative estimate of drug-likeness (QED) is 0.850.